The molecule has 0 saturated heterocycles. The molecule has 300 valence electrons. The minimum Gasteiger partial charge on any atom is -0.456 e. The first-order chi connectivity index (χ1) is 31.5. The van der Waals surface area contributed by atoms with Gasteiger partial charge < -0.3 is 4.42 Å². The summed E-state index contributed by atoms with van der Waals surface area (Å²) in [5.74, 6) is 1.89. The van der Waals surface area contributed by atoms with Crippen molar-refractivity contribution in [2.75, 3.05) is 0 Å². The molecule has 0 aliphatic heterocycles. The van der Waals surface area contributed by atoms with Crippen molar-refractivity contribution < 1.29 is 4.42 Å². The molecule has 0 spiro atoms. The van der Waals surface area contributed by atoms with Gasteiger partial charge in [-0.15, -0.1) is 0 Å². The van der Waals surface area contributed by atoms with Gasteiger partial charge in [0.05, 0.1) is 0 Å². The molecule has 0 saturated carbocycles. The minimum atomic E-state index is -0.157. The molecular weight excluding hydrogens is 779 g/mol. The van der Waals surface area contributed by atoms with Gasteiger partial charge in [0.25, 0.3) is 0 Å². The summed E-state index contributed by atoms with van der Waals surface area (Å²) in [6.45, 7) is 4.61. The van der Waals surface area contributed by atoms with Crippen LogP contribution in [0.25, 0.3) is 122 Å². The molecule has 0 N–H and O–H groups in total. The first-order valence-electron chi connectivity index (χ1n) is 21.9. The molecule has 64 heavy (non-hydrogen) atoms. The van der Waals surface area contributed by atoms with Gasteiger partial charge in [-0.05, 0) is 101 Å². The lowest BCUT2D eigenvalue weighted by atomic mass is 9.82. The summed E-state index contributed by atoms with van der Waals surface area (Å²) in [4.78, 5) is 15.9. The van der Waals surface area contributed by atoms with Crippen LogP contribution in [0.1, 0.15) is 25.0 Å². The number of furan rings is 1. The average Bonchev–Trinajstić information content (AvgIpc) is 3.85. The van der Waals surface area contributed by atoms with Crippen molar-refractivity contribution in [2.45, 2.75) is 19.3 Å². The monoisotopic (exact) mass is 817 g/mol. The molecule has 4 heteroatoms. The summed E-state index contributed by atoms with van der Waals surface area (Å²) < 4.78 is 6.63. The molecule has 0 unspecified atom stereocenters. The number of hydrogen-bond donors (Lipinski definition) is 0. The highest BCUT2D eigenvalue weighted by atomic mass is 16.3. The van der Waals surface area contributed by atoms with Crippen molar-refractivity contribution in [3.8, 4) is 67.5 Å². The molecule has 1 aliphatic rings. The molecule has 4 nitrogen and oxygen atoms in total. The predicted molar refractivity (Wildman–Crippen MR) is 264 cm³/mol. The van der Waals surface area contributed by atoms with Crippen molar-refractivity contribution in [3.05, 3.63) is 211 Å². The molecule has 10 aromatic carbocycles. The van der Waals surface area contributed by atoms with Gasteiger partial charge in [-0.3, -0.25) is 0 Å². The maximum Gasteiger partial charge on any atom is 0.164 e. The van der Waals surface area contributed by atoms with E-state index in [4.69, 9.17) is 19.4 Å². The van der Waals surface area contributed by atoms with Gasteiger partial charge in [0.2, 0.25) is 0 Å². The smallest absolute Gasteiger partial charge is 0.164 e. The van der Waals surface area contributed by atoms with Crippen LogP contribution in [0.3, 0.4) is 0 Å². The van der Waals surface area contributed by atoms with Crippen molar-refractivity contribution in [1.82, 2.24) is 15.0 Å². The van der Waals surface area contributed by atoms with Gasteiger partial charge in [0.15, 0.2) is 17.5 Å². The number of benzene rings is 10. The van der Waals surface area contributed by atoms with E-state index in [9.17, 15) is 0 Å². The van der Waals surface area contributed by atoms with Crippen LogP contribution in [0.4, 0.5) is 0 Å². The zero-order valence-corrected chi connectivity index (χ0v) is 35.3. The van der Waals surface area contributed by atoms with E-state index < -0.39 is 0 Å². The Morgan fingerprint density at radius 1 is 0.328 bits per heavy atom. The van der Waals surface area contributed by atoms with Crippen LogP contribution in [-0.4, -0.2) is 15.0 Å². The molecule has 13 rings (SSSR count). The van der Waals surface area contributed by atoms with Gasteiger partial charge >= 0.3 is 0 Å². The normalized spacial score (nSPS) is 13.0. The summed E-state index contributed by atoms with van der Waals surface area (Å²) in [6, 6.07) is 71.3. The lowest BCUT2D eigenvalue weighted by molar-refractivity contribution is 0.660. The summed E-state index contributed by atoms with van der Waals surface area (Å²) in [5, 5.41) is 9.70. The molecule has 0 amide bonds. The Labute approximate surface area is 370 Å². The topological polar surface area (TPSA) is 51.8 Å². The Kier molecular flexibility index (Phi) is 7.92. The maximum atomic E-state index is 6.63. The van der Waals surface area contributed by atoms with E-state index in [0.717, 1.165) is 60.9 Å². The second-order valence-corrected chi connectivity index (χ2v) is 17.5. The van der Waals surface area contributed by atoms with E-state index in [1.807, 2.05) is 18.2 Å². The molecule has 2 heterocycles. The predicted octanol–water partition coefficient (Wildman–Crippen LogP) is 15.9. The van der Waals surface area contributed by atoms with E-state index in [2.05, 4.69) is 196 Å². The highest BCUT2D eigenvalue weighted by Gasteiger charge is 2.37. The molecule has 0 atom stereocenters. The van der Waals surface area contributed by atoms with Crippen LogP contribution >= 0.6 is 0 Å². The fourth-order valence-corrected chi connectivity index (χ4v) is 10.5. The van der Waals surface area contributed by atoms with Gasteiger partial charge in [-0.1, -0.05) is 190 Å². The van der Waals surface area contributed by atoms with Crippen LogP contribution < -0.4 is 0 Å². The second kappa shape index (κ2) is 13.9. The Hall–Kier alpha value is -8.21. The van der Waals surface area contributed by atoms with Gasteiger partial charge in [0.1, 0.15) is 11.2 Å². The highest BCUT2D eigenvalue weighted by molar-refractivity contribution is 6.26. The zero-order chi connectivity index (χ0) is 42.5. The van der Waals surface area contributed by atoms with E-state index in [1.165, 1.54) is 54.6 Å². The Balaban J connectivity index is 0.998. The molecule has 0 bridgehead atoms. The quantitative estimate of drug-likeness (QED) is 0.162. The van der Waals surface area contributed by atoms with Crippen molar-refractivity contribution in [2.24, 2.45) is 0 Å². The molecular formula is C60H39N3O. The SMILES string of the molecule is CC1(C)c2ccccc2-c2c(-c3nc(-c4ccccc4)nc(-c4ccccc4-c4cccc5oc6ccc(-c7ccc8c9ccccc9c9ccccc9c8c7)cc6c45)n3)cccc21. The third kappa shape index (κ3) is 5.45. The minimum absolute atomic E-state index is 0.157. The average molecular weight is 818 g/mol. The largest absolute Gasteiger partial charge is 0.456 e. The van der Waals surface area contributed by atoms with Crippen LogP contribution in [0.2, 0.25) is 0 Å². The van der Waals surface area contributed by atoms with Crippen LogP contribution in [0.5, 0.6) is 0 Å². The molecule has 0 fully saturated rings. The van der Waals surface area contributed by atoms with Gasteiger partial charge in [-0.2, -0.15) is 0 Å². The number of rotatable bonds is 5. The number of hydrogen-bond acceptors (Lipinski definition) is 4. The Bertz CT molecular complexity index is 3850. The van der Waals surface area contributed by atoms with E-state index in [1.54, 1.807) is 0 Å². The van der Waals surface area contributed by atoms with Crippen LogP contribution in [0, 0.1) is 0 Å². The summed E-state index contributed by atoms with van der Waals surface area (Å²) in [6.07, 6.45) is 0. The van der Waals surface area contributed by atoms with Gasteiger partial charge in [-0.25, -0.2) is 15.0 Å². The lowest BCUT2D eigenvalue weighted by Crippen LogP contribution is -2.14. The Morgan fingerprint density at radius 3 is 1.59 bits per heavy atom. The Morgan fingerprint density at radius 2 is 0.844 bits per heavy atom. The summed E-state index contributed by atoms with van der Waals surface area (Å²) in [7, 11) is 0. The third-order valence-electron chi connectivity index (χ3n) is 13.5. The summed E-state index contributed by atoms with van der Waals surface area (Å²) in [5.41, 5.74) is 13.7. The van der Waals surface area contributed by atoms with Crippen molar-refractivity contribution in [3.63, 3.8) is 0 Å². The van der Waals surface area contributed by atoms with Crippen LogP contribution in [0.15, 0.2) is 205 Å². The number of fused-ring (bicyclic) bond motifs is 12. The standard InChI is InChI=1S/C60H39N3O/c1-60(2)51-27-13-12-24-47(51)55-48(26-14-28-52(55)60)59-62-57(36-16-4-3-5-17-36)61-58(63-59)46-23-11-10-22-43(46)45-25-15-29-54-56(45)50-35-38(31-33-53(50)64-54)37-30-32-44-41-20-7-6-18-39(41)40-19-8-9-21-42(40)49(44)34-37/h3-35H,1-2H3. The summed E-state index contributed by atoms with van der Waals surface area (Å²) >= 11 is 0. The molecule has 12 aromatic rings. The lowest BCUT2D eigenvalue weighted by Gasteiger charge is -2.21. The second-order valence-electron chi connectivity index (χ2n) is 17.5. The first-order valence-corrected chi connectivity index (χ1v) is 21.9. The van der Waals surface area contributed by atoms with Crippen LogP contribution in [-0.2, 0) is 5.41 Å². The fraction of sp³-hybridized carbons (Fsp3) is 0.0500. The number of aromatic nitrogens is 3. The van der Waals surface area contributed by atoms with Crippen molar-refractivity contribution in [1.29, 1.82) is 0 Å². The highest BCUT2D eigenvalue weighted by Crippen LogP contribution is 2.52. The molecule has 1 aliphatic carbocycles. The molecule has 0 radical (unpaired) electrons. The maximum absolute atomic E-state index is 6.63. The van der Waals surface area contributed by atoms with Crippen molar-refractivity contribution >= 4 is 54.3 Å². The molecule has 2 aromatic heterocycles. The van der Waals surface area contributed by atoms with E-state index >= 15 is 0 Å². The third-order valence-corrected chi connectivity index (χ3v) is 13.5. The fourth-order valence-electron chi connectivity index (χ4n) is 10.5. The first kappa shape index (κ1) is 36.4. The van der Waals surface area contributed by atoms with E-state index in [-0.39, 0.29) is 5.41 Å². The zero-order valence-electron chi connectivity index (χ0n) is 35.3. The van der Waals surface area contributed by atoms with E-state index in [0.29, 0.717) is 17.5 Å². The van der Waals surface area contributed by atoms with Gasteiger partial charge in [0, 0.05) is 32.9 Å². The number of nitrogens with zero attached hydrogens (tertiary/aromatic N) is 3.